The number of nitrogens with one attached hydrogen (secondary N) is 1. The molecule has 32 heavy (non-hydrogen) atoms. The molecule has 2 atom stereocenters. The van der Waals surface area contributed by atoms with E-state index in [4.69, 9.17) is 9.47 Å². The van der Waals surface area contributed by atoms with Crippen molar-refractivity contribution in [3.05, 3.63) is 23.5 Å². The summed E-state index contributed by atoms with van der Waals surface area (Å²) in [7, 11) is 0. The van der Waals surface area contributed by atoms with Gasteiger partial charge < -0.3 is 24.6 Å². The third-order valence-electron chi connectivity index (χ3n) is 6.12. The number of hydrogen-bond donors (Lipinski definition) is 1. The molecule has 9 nitrogen and oxygen atoms in total. The fourth-order valence-corrected chi connectivity index (χ4v) is 4.54. The van der Waals surface area contributed by atoms with Crippen LogP contribution in [0.25, 0.3) is 0 Å². The second kappa shape index (κ2) is 9.85. The van der Waals surface area contributed by atoms with Gasteiger partial charge in [-0.1, -0.05) is 0 Å². The van der Waals surface area contributed by atoms with Crippen molar-refractivity contribution in [1.29, 1.82) is 0 Å². The molecule has 9 heteroatoms. The van der Waals surface area contributed by atoms with Gasteiger partial charge in [0.25, 0.3) is 0 Å². The largest absolute Gasteiger partial charge is 0.447 e. The smallest absolute Gasteiger partial charge is 0.410 e. The Labute approximate surface area is 189 Å². The summed E-state index contributed by atoms with van der Waals surface area (Å²) in [5.41, 5.74) is 2.88. The average molecular weight is 443 g/mol. The molecule has 3 aliphatic heterocycles. The van der Waals surface area contributed by atoms with Gasteiger partial charge in [-0.05, 0) is 59.1 Å². The lowest BCUT2D eigenvalue weighted by Gasteiger charge is -2.41. The summed E-state index contributed by atoms with van der Waals surface area (Å²) in [4.78, 5) is 30.2. The zero-order chi connectivity index (χ0) is 22.7. The van der Waals surface area contributed by atoms with Gasteiger partial charge in [0.1, 0.15) is 12.2 Å². The van der Waals surface area contributed by atoms with Crippen LogP contribution in [0.4, 0.5) is 10.5 Å². The summed E-state index contributed by atoms with van der Waals surface area (Å²) in [5.74, 6) is 0.927. The maximum Gasteiger partial charge on any atom is 0.410 e. The van der Waals surface area contributed by atoms with E-state index in [1.54, 1.807) is 6.34 Å². The fourth-order valence-electron chi connectivity index (χ4n) is 4.54. The Morgan fingerprint density at radius 3 is 2.72 bits per heavy atom. The van der Waals surface area contributed by atoms with Crippen molar-refractivity contribution in [1.82, 2.24) is 14.8 Å². The number of aromatic nitrogens is 1. The van der Waals surface area contributed by atoms with E-state index in [-0.39, 0.29) is 24.5 Å². The van der Waals surface area contributed by atoms with Gasteiger partial charge >= 0.3 is 6.09 Å². The molecule has 174 valence electrons. The molecule has 1 N–H and O–H groups in total. The van der Waals surface area contributed by atoms with Crippen LogP contribution < -0.4 is 5.32 Å². The zero-order valence-corrected chi connectivity index (χ0v) is 19.5. The Bertz CT molecular complexity index is 878. The van der Waals surface area contributed by atoms with E-state index >= 15 is 0 Å². The third-order valence-corrected chi connectivity index (χ3v) is 6.12. The van der Waals surface area contributed by atoms with Crippen LogP contribution in [-0.2, 0) is 9.47 Å². The number of likely N-dealkylation sites (tertiary alicyclic amines) is 1. The zero-order valence-electron chi connectivity index (χ0n) is 19.5. The van der Waals surface area contributed by atoms with Gasteiger partial charge in [-0.25, -0.2) is 14.8 Å². The molecule has 0 bridgehead atoms. The van der Waals surface area contributed by atoms with Gasteiger partial charge in [0.15, 0.2) is 12.3 Å². The molecule has 2 saturated heterocycles. The van der Waals surface area contributed by atoms with Gasteiger partial charge in [0.2, 0.25) is 0 Å². The highest BCUT2D eigenvalue weighted by Gasteiger charge is 2.38. The van der Waals surface area contributed by atoms with E-state index in [0.29, 0.717) is 25.7 Å². The highest BCUT2D eigenvalue weighted by molar-refractivity contribution is 5.95. The molecule has 4 heterocycles. The normalized spacial score (nSPS) is 24.1. The summed E-state index contributed by atoms with van der Waals surface area (Å²) in [6, 6.07) is 4.35. The quantitative estimate of drug-likeness (QED) is 0.771. The second-order valence-electron chi connectivity index (χ2n) is 8.92. The SMILES string of the molecule is Cc1ccc(NC2N=CN=C3C2OCCCN3C2CCN(C(=O)OC(C)C)CC2)c(C)n1. The van der Waals surface area contributed by atoms with E-state index in [9.17, 15) is 4.79 Å². The minimum absolute atomic E-state index is 0.101. The van der Waals surface area contributed by atoms with Crippen LogP contribution in [0.2, 0.25) is 0 Å². The first-order chi connectivity index (χ1) is 15.4. The first-order valence-electron chi connectivity index (χ1n) is 11.6. The lowest BCUT2D eigenvalue weighted by Crippen LogP contribution is -2.54. The number of carbonyl (C=O) groups excluding carboxylic acids is 1. The monoisotopic (exact) mass is 442 g/mol. The van der Waals surface area contributed by atoms with Crippen LogP contribution >= 0.6 is 0 Å². The van der Waals surface area contributed by atoms with Crippen molar-refractivity contribution in [2.45, 2.75) is 71.4 Å². The molecule has 1 aromatic heterocycles. The van der Waals surface area contributed by atoms with E-state index in [1.165, 1.54) is 0 Å². The first kappa shape index (κ1) is 22.5. The summed E-state index contributed by atoms with van der Waals surface area (Å²) in [5, 5.41) is 3.50. The topological polar surface area (TPSA) is 91.7 Å². The van der Waals surface area contributed by atoms with Crippen molar-refractivity contribution in [2.24, 2.45) is 9.98 Å². The van der Waals surface area contributed by atoms with Crippen LogP contribution in [0.5, 0.6) is 0 Å². The van der Waals surface area contributed by atoms with E-state index < -0.39 is 0 Å². The Morgan fingerprint density at radius 1 is 1.22 bits per heavy atom. The Balaban J connectivity index is 1.44. The number of piperidine rings is 1. The number of aliphatic imine (C=N–C) groups is 2. The fraction of sp³-hybridized carbons (Fsp3) is 0.652. The Morgan fingerprint density at radius 2 is 2.00 bits per heavy atom. The van der Waals surface area contributed by atoms with Crippen molar-refractivity contribution >= 4 is 24.0 Å². The number of fused-ring (bicyclic) bond motifs is 1. The number of hydrogen-bond acceptors (Lipinski definition) is 8. The van der Waals surface area contributed by atoms with Crippen LogP contribution in [0.15, 0.2) is 22.1 Å². The van der Waals surface area contributed by atoms with Crippen molar-refractivity contribution in [3.63, 3.8) is 0 Å². The van der Waals surface area contributed by atoms with Crippen LogP contribution in [0.3, 0.4) is 0 Å². The molecule has 0 spiro atoms. The molecule has 1 aromatic rings. The Hall–Kier alpha value is -2.68. The molecule has 3 aliphatic rings. The maximum atomic E-state index is 12.3. The second-order valence-corrected chi connectivity index (χ2v) is 8.92. The molecule has 4 rings (SSSR count). The number of carbonyl (C=O) groups is 1. The molecular weight excluding hydrogens is 408 g/mol. The molecule has 0 radical (unpaired) electrons. The lowest BCUT2D eigenvalue weighted by atomic mass is 10.0. The van der Waals surface area contributed by atoms with Crippen molar-refractivity contribution in [3.8, 4) is 0 Å². The van der Waals surface area contributed by atoms with Crippen LogP contribution in [0, 0.1) is 13.8 Å². The Kier molecular flexibility index (Phi) is 6.93. The molecule has 0 aliphatic carbocycles. The number of aryl methyl sites for hydroxylation is 2. The highest BCUT2D eigenvalue weighted by atomic mass is 16.6. The van der Waals surface area contributed by atoms with Crippen molar-refractivity contribution < 1.29 is 14.3 Å². The number of amidine groups is 1. The van der Waals surface area contributed by atoms with Crippen LogP contribution in [0.1, 0.15) is 44.5 Å². The summed E-state index contributed by atoms with van der Waals surface area (Å²) in [6.07, 6.45) is 3.50. The van der Waals surface area contributed by atoms with Crippen LogP contribution in [-0.4, -0.2) is 83.7 Å². The number of pyridine rings is 1. The van der Waals surface area contributed by atoms with E-state index in [1.807, 2.05) is 44.7 Å². The molecule has 1 amide bonds. The first-order valence-corrected chi connectivity index (χ1v) is 11.6. The van der Waals surface area contributed by atoms with E-state index in [0.717, 1.165) is 48.7 Å². The summed E-state index contributed by atoms with van der Waals surface area (Å²) >= 11 is 0. The number of amides is 1. The van der Waals surface area contributed by atoms with E-state index in [2.05, 4.69) is 25.2 Å². The number of ether oxygens (including phenoxy) is 2. The van der Waals surface area contributed by atoms with Gasteiger partial charge in [-0.3, -0.25) is 4.98 Å². The lowest BCUT2D eigenvalue weighted by molar-refractivity contribution is 0.0620. The van der Waals surface area contributed by atoms with Gasteiger partial charge in [0, 0.05) is 38.0 Å². The summed E-state index contributed by atoms with van der Waals surface area (Å²) in [6.45, 7) is 10.7. The average Bonchev–Trinajstić information content (AvgIpc) is 2.98. The molecule has 2 unspecified atom stereocenters. The molecule has 0 saturated carbocycles. The number of rotatable bonds is 4. The van der Waals surface area contributed by atoms with Gasteiger partial charge in [-0.2, -0.15) is 0 Å². The molecular formula is C23H34N6O3. The van der Waals surface area contributed by atoms with Gasteiger partial charge in [0.05, 0.1) is 17.5 Å². The minimum Gasteiger partial charge on any atom is -0.447 e. The molecule has 0 aromatic carbocycles. The number of anilines is 1. The molecule has 2 fully saturated rings. The summed E-state index contributed by atoms with van der Waals surface area (Å²) < 4.78 is 11.6. The number of nitrogens with zero attached hydrogens (tertiary/aromatic N) is 5. The predicted molar refractivity (Wildman–Crippen MR) is 124 cm³/mol. The van der Waals surface area contributed by atoms with Crippen molar-refractivity contribution in [2.75, 3.05) is 31.6 Å². The maximum absolute atomic E-state index is 12.3. The standard InChI is InChI=1S/C23H34N6O3/c1-15(2)32-23(30)28-11-8-18(9-12-28)29-10-5-13-31-20-21(24-14-25-22(20)29)27-19-7-6-16(3)26-17(19)4/h6-7,14-15,18,20-21,27H,5,8-13H2,1-4H3. The minimum atomic E-state index is -0.257. The predicted octanol–water partition coefficient (Wildman–Crippen LogP) is 2.98. The highest BCUT2D eigenvalue weighted by Crippen LogP contribution is 2.26. The van der Waals surface area contributed by atoms with Gasteiger partial charge in [-0.15, -0.1) is 0 Å². The third kappa shape index (κ3) is 5.03.